The molecule has 1 atom stereocenters. The van der Waals surface area contributed by atoms with Gasteiger partial charge in [0.1, 0.15) is 36.9 Å². The van der Waals surface area contributed by atoms with E-state index in [1.165, 1.54) is 6.07 Å². The van der Waals surface area contributed by atoms with Crippen molar-refractivity contribution in [2.75, 3.05) is 13.2 Å². The molecular weight excluding hydrogens is 586 g/mol. The summed E-state index contributed by atoms with van der Waals surface area (Å²) in [7, 11) is 0. The van der Waals surface area contributed by atoms with Crippen molar-refractivity contribution in [3.8, 4) is 117 Å². The number of ether oxygens (including phenoxy) is 2. The van der Waals surface area contributed by atoms with E-state index in [-0.39, 0.29) is 36.1 Å². The minimum absolute atomic E-state index is 0. The molecule has 2 N–H and O–H groups in total. The lowest BCUT2D eigenvalue weighted by Gasteiger charge is -2.14. The first-order valence-corrected chi connectivity index (χ1v) is 14.4. The number of hydrogen-bond acceptors (Lipinski definition) is 7. The molecule has 0 aliphatic heterocycles. The maximum absolute atomic E-state index is 11.0. The highest BCUT2D eigenvalue weighted by atomic mass is 16.5. The molecule has 252 valence electrons. The molecule has 0 bridgehead atoms. The second-order valence-corrected chi connectivity index (χ2v) is 10.3. The summed E-state index contributed by atoms with van der Waals surface area (Å²) >= 11 is 0. The quantitative estimate of drug-likeness (QED) is 0.188. The molecule has 7 heteroatoms. The zero-order valence-corrected chi connectivity index (χ0v) is 26.3. The Morgan fingerprint density at radius 1 is 0.660 bits per heavy atom. The van der Waals surface area contributed by atoms with Crippen LogP contribution in [0.4, 0.5) is 0 Å². The molecule has 0 spiro atoms. The Kier molecular flexibility index (Phi) is 11.7. The minimum atomic E-state index is -0.984. The number of benzene rings is 3. The summed E-state index contributed by atoms with van der Waals surface area (Å²) in [6.45, 7) is 7.89. The number of terminal acetylenes is 1. The fourth-order valence-electron chi connectivity index (χ4n) is 4.35. The van der Waals surface area contributed by atoms with Crippen LogP contribution in [0.3, 0.4) is 0 Å². The van der Waals surface area contributed by atoms with Crippen LogP contribution in [0.2, 0.25) is 0 Å². The summed E-state index contributed by atoms with van der Waals surface area (Å²) in [6.07, 6.45) is 6.36. The summed E-state index contributed by atoms with van der Waals surface area (Å²) in [5.74, 6) is 25.8. The van der Waals surface area contributed by atoms with Crippen molar-refractivity contribution in [2.45, 2.75) is 33.8 Å². The summed E-state index contributed by atoms with van der Waals surface area (Å²) < 4.78 is 10.8. The molecule has 0 fully saturated rings. The van der Waals surface area contributed by atoms with E-state index >= 15 is 0 Å². The molecule has 47 heavy (non-hydrogen) atoms. The SMILES string of the molecule is C#CC#CC#CC#CC#CC#COCC(O)COc1ccc(-c2nc(-c3ccc(C)cc3C)nc(-c3ccc(C)cc3C)n2)c(O)c1.[HH].[HH].[HH].[HH].[HH].[HH].[HH].[HH].[HH].[HH].[HH].[HH]. The lowest BCUT2D eigenvalue weighted by atomic mass is 10.0. The Balaban J connectivity index is -0.000000298. The fraction of sp³-hybridized carbons (Fsp3) is 0.175. The molecule has 0 saturated heterocycles. The van der Waals surface area contributed by atoms with Crippen LogP contribution in [0.15, 0.2) is 54.6 Å². The number of aliphatic hydroxyl groups is 1. The van der Waals surface area contributed by atoms with Crippen LogP contribution in [0, 0.1) is 99.4 Å². The van der Waals surface area contributed by atoms with E-state index < -0.39 is 6.10 Å². The molecule has 0 aliphatic carbocycles. The van der Waals surface area contributed by atoms with Gasteiger partial charge in [-0.25, -0.2) is 15.0 Å². The Bertz CT molecular complexity index is 2150. The van der Waals surface area contributed by atoms with Crippen LogP contribution in [0.25, 0.3) is 34.2 Å². The predicted molar refractivity (Wildman–Crippen MR) is 207 cm³/mol. The van der Waals surface area contributed by atoms with Crippen molar-refractivity contribution in [3.63, 3.8) is 0 Å². The van der Waals surface area contributed by atoms with E-state index in [1.54, 1.807) is 12.1 Å². The van der Waals surface area contributed by atoms with Crippen LogP contribution >= 0.6 is 0 Å². The van der Waals surface area contributed by atoms with Gasteiger partial charge >= 0.3 is 0 Å². The Morgan fingerprint density at radius 2 is 1.15 bits per heavy atom. The van der Waals surface area contributed by atoms with E-state index in [1.807, 2.05) is 52.0 Å². The summed E-state index contributed by atoms with van der Waals surface area (Å²) in [6, 6.07) is 17.0. The Labute approximate surface area is 293 Å². The van der Waals surface area contributed by atoms with Crippen LogP contribution in [0.1, 0.15) is 39.4 Å². The number of rotatable bonds is 8. The average Bonchev–Trinajstić information content (AvgIpc) is 3.04. The van der Waals surface area contributed by atoms with Crippen molar-refractivity contribution >= 4 is 0 Å². The van der Waals surface area contributed by atoms with E-state index in [4.69, 9.17) is 30.8 Å². The van der Waals surface area contributed by atoms with Gasteiger partial charge in [0, 0.05) is 63.9 Å². The summed E-state index contributed by atoms with van der Waals surface area (Å²) in [4.78, 5) is 14.4. The number of hydrogen-bond donors (Lipinski definition) is 2. The van der Waals surface area contributed by atoms with E-state index in [0.717, 1.165) is 33.4 Å². The minimum Gasteiger partial charge on any atom is -0.507 e. The van der Waals surface area contributed by atoms with Gasteiger partial charge in [0.05, 0.1) is 5.56 Å². The highest BCUT2D eigenvalue weighted by Gasteiger charge is 2.17. The molecule has 0 radical (unpaired) electrons. The van der Waals surface area contributed by atoms with Crippen molar-refractivity contribution in [1.29, 1.82) is 0 Å². The van der Waals surface area contributed by atoms with Crippen molar-refractivity contribution < 1.29 is 36.8 Å². The van der Waals surface area contributed by atoms with E-state index in [2.05, 4.69) is 77.4 Å². The van der Waals surface area contributed by atoms with Gasteiger partial charge in [0.2, 0.25) is 0 Å². The normalized spacial score (nSPS) is 9.96. The van der Waals surface area contributed by atoms with Crippen molar-refractivity contribution in [2.24, 2.45) is 0 Å². The molecule has 0 amide bonds. The fourth-order valence-corrected chi connectivity index (χ4v) is 4.35. The number of phenols is 1. The molecule has 1 unspecified atom stereocenters. The lowest BCUT2D eigenvalue weighted by molar-refractivity contribution is 0.0526. The lowest BCUT2D eigenvalue weighted by Crippen LogP contribution is -2.22. The summed E-state index contributed by atoms with van der Waals surface area (Å²) in [5, 5.41) is 21.2. The first kappa shape index (κ1) is 33.3. The molecular formula is C40H53N3O4. The molecule has 3 aromatic carbocycles. The highest BCUT2D eigenvalue weighted by molar-refractivity contribution is 5.72. The van der Waals surface area contributed by atoms with Crippen LogP contribution in [-0.2, 0) is 4.74 Å². The topological polar surface area (TPSA) is 97.6 Å². The van der Waals surface area contributed by atoms with Crippen LogP contribution < -0.4 is 4.74 Å². The van der Waals surface area contributed by atoms with Gasteiger partial charge in [0.15, 0.2) is 17.5 Å². The zero-order chi connectivity index (χ0) is 33.6. The van der Waals surface area contributed by atoms with Gasteiger partial charge < -0.3 is 19.7 Å². The summed E-state index contributed by atoms with van der Waals surface area (Å²) in [5.41, 5.74) is 6.49. The van der Waals surface area contributed by atoms with Gasteiger partial charge in [-0.3, -0.25) is 0 Å². The number of aromatic nitrogens is 3. The predicted octanol–water partition coefficient (Wildman–Crippen LogP) is 8.13. The van der Waals surface area contributed by atoms with E-state index in [9.17, 15) is 10.2 Å². The number of nitrogens with zero attached hydrogens (tertiary/aromatic N) is 3. The molecule has 1 aromatic heterocycles. The molecule has 4 rings (SSSR count). The van der Waals surface area contributed by atoms with Crippen LogP contribution in [0.5, 0.6) is 11.5 Å². The maximum atomic E-state index is 11.0. The average molecular weight is 640 g/mol. The van der Waals surface area contributed by atoms with Gasteiger partial charge in [0.25, 0.3) is 0 Å². The van der Waals surface area contributed by atoms with Gasteiger partial charge in [-0.2, -0.15) is 0 Å². The largest absolute Gasteiger partial charge is 0.507 e. The first-order valence-electron chi connectivity index (χ1n) is 14.4. The first-order chi connectivity index (χ1) is 22.7. The van der Waals surface area contributed by atoms with Crippen molar-refractivity contribution in [3.05, 3.63) is 76.9 Å². The molecule has 4 aromatic rings. The second kappa shape index (κ2) is 16.5. The van der Waals surface area contributed by atoms with Crippen LogP contribution in [-0.4, -0.2) is 44.5 Å². The number of aromatic hydroxyl groups is 1. The third-order valence-electron chi connectivity index (χ3n) is 6.50. The molecule has 0 aliphatic rings. The zero-order valence-electron chi connectivity index (χ0n) is 26.3. The second-order valence-electron chi connectivity index (χ2n) is 10.3. The highest BCUT2D eigenvalue weighted by Crippen LogP contribution is 2.34. The van der Waals surface area contributed by atoms with Gasteiger partial charge in [-0.05, 0) is 80.6 Å². The third kappa shape index (κ3) is 9.69. The number of aryl methyl sites for hydroxylation is 4. The molecule has 1 heterocycles. The third-order valence-corrected chi connectivity index (χ3v) is 6.50. The molecule has 0 saturated carbocycles. The smallest absolute Gasteiger partial charge is 0.167 e. The Hall–Kier alpha value is -6.61. The van der Waals surface area contributed by atoms with E-state index in [0.29, 0.717) is 28.8 Å². The van der Waals surface area contributed by atoms with Gasteiger partial charge in [-0.15, -0.1) is 6.42 Å². The number of phenolic OH excluding ortho intramolecular Hbond substituents is 1. The number of aliphatic hydroxyl groups excluding tert-OH is 1. The maximum Gasteiger partial charge on any atom is 0.167 e. The standard InChI is InChI=1S/C40H29N3O4.12H2/c1-6-7-8-9-10-11-12-13-14-15-22-46-26-32(44)27-47-33-18-21-36(37(45)25-33)40-42-38(34-19-16-28(2)23-30(34)4)41-39(43-40)35-20-17-29(3)24-31(35)5;;;;;;;;;;;;/h1,16-21,23-25,32,44-45H,26-27H2,2-5H3;12*1H. The van der Waals surface area contributed by atoms with Gasteiger partial charge in [-0.1, -0.05) is 47.5 Å². The Morgan fingerprint density at radius 3 is 1.66 bits per heavy atom. The molecule has 7 nitrogen and oxygen atoms in total. The van der Waals surface area contributed by atoms with Crippen molar-refractivity contribution in [1.82, 2.24) is 15.0 Å². The monoisotopic (exact) mass is 639 g/mol.